The van der Waals surface area contributed by atoms with Gasteiger partial charge < -0.3 is 9.97 Å². The average molecular weight is 266 g/mol. The molecule has 0 saturated heterocycles. The van der Waals surface area contributed by atoms with E-state index >= 15 is 0 Å². The fourth-order valence-electron chi connectivity index (χ4n) is 3.68. The van der Waals surface area contributed by atoms with Gasteiger partial charge in [-0.1, -0.05) is 6.58 Å². The summed E-state index contributed by atoms with van der Waals surface area (Å²) in [4.78, 5) is 7.19. The zero-order valence-corrected chi connectivity index (χ0v) is 12.0. The molecule has 2 heterocycles. The minimum absolute atomic E-state index is 1.12. The van der Waals surface area contributed by atoms with Crippen LogP contribution < -0.4 is 0 Å². The van der Waals surface area contributed by atoms with E-state index in [1.165, 1.54) is 85.3 Å². The summed E-state index contributed by atoms with van der Waals surface area (Å²) in [6, 6.07) is 4.63. The molecule has 0 radical (unpaired) electrons. The lowest BCUT2D eigenvalue weighted by molar-refractivity contribution is 0.676. The van der Waals surface area contributed by atoms with Crippen LogP contribution in [-0.4, -0.2) is 9.97 Å². The molecule has 2 heteroatoms. The highest BCUT2D eigenvalue weighted by Gasteiger charge is 2.17. The van der Waals surface area contributed by atoms with Crippen LogP contribution in [0.15, 0.2) is 18.7 Å². The first-order chi connectivity index (χ1) is 9.81. The Morgan fingerprint density at radius 3 is 1.65 bits per heavy atom. The van der Waals surface area contributed by atoms with E-state index in [2.05, 4.69) is 28.7 Å². The molecule has 0 aliphatic heterocycles. The van der Waals surface area contributed by atoms with E-state index in [1.54, 1.807) is 0 Å². The van der Waals surface area contributed by atoms with Crippen molar-refractivity contribution in [2.24, 2.45) is 0 Å². The third-order valence-electron chi connectivity index (χ3n) is 4.88. The highest BCUT2D eigenvalue weighted by Crippen LogP contribution is 2.30. The van der Waals surface area contributed by atoms with Crippen LogP contribution >= 0.6 is 0 Å². The van der Waals surface area contributed by atoms with Gasteiger partial charge in [0, 0.05) is 28.3 Å². The van der Waals surface area contributed by atoms with Crippen LogP contribution in [0, 0.1) is 0 Å². The van der Waals surface area contributed by atoms with E-state index in [1.807, 2.05) is 0 Å². The molecule has 2 aliphatic carbocycles. The first kappa shape index (κ1) is 12.1. The molecule has 0 bridgehead atoms. The molecule has 0 aromatic carbocycles. The number of hydrogen-bond acceptors (Lipinski definition) is 0. The van der Waals surface area contributed by atoms with Gasteiger partial charge in [0.1, 0.15) is 0 Å². The first-order valence-electron chi connectivity index (χ1n) is 7.92. The Hall–Kier alpha value is -1.70. The van der Waals surface area contributed by atoms with Gasteiger partial charge in [-0.15, -0.1) is 0 Å². The summed E-state index contributed by atoms with van der Waals surface area (Å²) in [5.41, 5.74) is 9.40. The monoisotopic (exact) mass is 266 g/mol. The predicted octanol–water partition coefficient (Wildman–Crippen LogP) is 4.16. The molecule has 0 amide bonds. The van der Waals surface area contributed by atoms with Crippen molar-refractivity contribution >= 4 is 5.57 Å². The number of hydrogen-bond donors (Lipinski definition) is 2. The minimum Gasteiger partial charge on any atom is -0.358 e. The lowest BCUT2D eigenvalue weighted by Gasteiger charge is -2.09. The second kappa shape index (κ2) is 4.69. The van der Waals surface area contributed by atoms with Gasteiger partial charge in [0.25, 0.3) is 0 Å². The van der Waals surface area contributed by atoms with Crippen molar-refractivity contribution in [3.05, 3.63) is 52.6 Å². The van der Waals surface area contributed by atoms with Crippen LogP contribution in [0.5, 0.6) is 0 Å². The van der Waals surface area contributed by atoms with Crippen LogP contribution in [0.1, 0.15) is 59.6 Å². The first-order valence-corrected chi connectivity index (χ1v) is 7.92. The molecule has 0 spiro atoms. The fraction of sp³-hybridized carbons (Fsp3) is 0.444. The third-order valence-corrected chi connectivity index (χ3v) is 4.88. The molecule has 0 fully saturated rings. The number of nitrogens with one attached hydrogen (secondary N) is 2. The lowest BCUT2D eigenvalue weighted by Crippen LogP contribution is -1.99. The van der Waals surface area contributed by atoms with Gasteiger partial charge in [-0.3, -0.25) is 0 Å². The van der Waals surface area contributed by atoms with Crippen molar-refractivity contribution in [2.45, 2.75) is 51.4 Å². The van der Waals surface area contributed by atoms with Gasteiger partial charge in [0.05, 0.1) is 0 Å². The highest BCUT2D eigenvalue weighted by atomic mass is 14.8. The van der Waals surface area contributed by atoms with Gasteiger partial charge in [-0.25, -0.2) is 0 Å². The van der Waals surface area contributed by atoms with Gasteiger partial charge in [0.2, 0.25) is 0 Å². The zero-order valence-electron chi connectivity index (χ0n) is 12.0. The van der Waals surface area contributed by atoms with E-state index < -0.39 is 0 Å². The molecule has 0 saturated carbocycles. The average Bonchev–Trinajstić information content (AvgIpc) is 3.10. The van der Waals surface area contributed by atoms with Crippen molar-refractivity contribution < 1.29 is 0 Å². The lowest BCUT2D eigenvalue weighted by atomic mass is 9.97. The Labute approximate surface area is 120 Å². The second-order valence-electron chi connectivity index (χ2n) is 6.27. The molecule has 2 aromatic heterocycles. The summed E-state index contributed by atoms with van der Waals surface area (Å²) >= 11 is 0. The molecule has 4 rings (SSSR count). The summed E-state index contributed by atoms with van der Waals surface area (Å²) in [6.45, 7) is 4.32. The number of fused-ring (bicyclic) bond motifs is 2. The SMILES string of the molecule is C=C(c1cc2c([nH]1)CCCC2)c1cc2c([nH]1)CCCC2. The molecule has 20 heavy (non-hydrogen) atoms. The number of aromatic amines is 2. The van der Waals surface area contributed by atoms with E-state index in [9.17, 15) is 0 Å². The Kier molecular flexibility index (Phi) is 2.83. The Bertz CT molecular complexity index is 554. The van der Waals surface area contributed by atoms with E-state index in [0.717, 1.165) is 5.57 Å². The normalized spacial score (nSPS) is 17.6. The van der Waals surface area contributed by atoms with Crippen LogP contribution in [0.3, 0.4) is 0 Å². The number of aromatic nitrogens is 2. The summed E-state index contributed by atoms with van der Waals surface area (Å²) in [5.74, 6) is 0. The van der Waals surface area contributed by atoms with Crippen LogP contribution in [0.25, 0.3) is 5.57 Å². The van der Waals surface area contributed by atoms with Crippen molar-refractivity contribution in [1.82, 2.24) is 9.97 Å². The largest absolute Gasteiger partial charge is 0.358 e. The smallest absolute Gasteiger partial charge is 0.0473 e. The Morgan fingerprint density at radius 2 is 1.20 bits per heavy atom. The predicted molar refractivity (Wildman–Crippen MR) is 83.0 cm³/mol. The van der Waals surface area contributed by atoms with Crippen molar-refractivity contribution in [3.8, 4) is 0 Å². The molecular formula is C18H22N2. The van der Waals surface area contributed by atoms with Gasteiger partial charge in [-0.2, -0.15) is 0 Å². The molecule has 2 N–H and O–H groups in total. The van der Waals surface area contributed by atoms with Crippen LogP contribution in [-0.2, 0) is 25.7 Å². The molecule has 0 atom stereocenters. The van der Waals surface area contributed by atoms with Crippen molar-refractivity contribution in [1.29, 1.82) is 0 Å². The van der Waals surface area contributed by atoms with E-state index in [0.29, 0.717) is 0 Å². The molecule has 2 aromatic rings. The third kappa shape index (κ3) is 1.94. The molecular weight excluding hydrogens is 244 g/mol. The molecule has 0 unspecified atom stereocenters. The summed E-state index contributed by atoms with van der Waals surface area (Å²) in [7, 11) is 0. The van der Waals surface area contributed by atoms with E-state index in [4.69, 9.17) is 0 Å². The number of aryl methyl sites for hydroxylation is 4. The molecule has 2 nitrogen and oxygen atoms in total. The maximum Gasteiger partial charge on any atom is 0.0473 e. The summed E-state index contributed by atoms with van der Waals surface area (Å²) in [5, 5.41) is 0. The van der Waals surface area contributed by atoms with Gasteiger partial charge in [0.15, 0.2) is 0 Å². The summed E-state index contributed by atoms with van der Waals surface area (Å²) < 4.78 is 0. The number of H-pyrrole nitrogens is 2. The van der Waals surface area contributed by atoms with Crippen LogP contribution in [0.4, 0.5) is 0 Å². The second-order valence-corrected chi connectivity index (χ2v) is 6.27. The highest BCUT2D eigenvalue weighted by molar-refractivity contribution is 5.75. The maximum atomic E-state index is 4.32. The van der Waals surface area contributed by atoms with Gasteiger partial charge in [-0.05, 0) is 74.6 Å². The minimum atomic E-state index is 1.12. The van der Waals surface area contributed by atoms with Crippen molar-refractivity contribution in [3.63, 3.8) is 0 Å². The zero-order chi connectivity index (χ0) is 13.5. The quantitative estimate of drug-likeness (QED) is 0.818. The molecule has 104 valence electrons. The topological polar surface area (TPSA) is 31.6 Å². The van der Waals surface area contributed by atoms with Crippen LogP contribution in [0.2, 0.25) is 0 Å². The van der Waals surface area contributed by atoms with E-state index in [-0.39, 0.29) is 0 Å². The number of rotatable bonds is 2. The Balaban J connectivity index is 1.66. The molecule has 2 aliphatic rings. The Morgan fingerprint density at radius 1 is 0.750 bits per heavy atom. The standard InChI is InChI=1S/C18H22N2/c1-12(17-10-13-6-2-4-8-15(13)19-17)18-11-14-7-3-5-9-16(14)20-18/h10-11,19-20H,1-9H2. The van der Waals surface area contributed by atoms with Gasteiger partial charge >= 0.3 is 0 Å². The van der Waals surface area contributed by atoms with Crippen molar-refractivity contribution in [2.75, 3.05) is 0 Å². The maximum absolute atomic E-state index is 4.32. The fourth-order valence-corrected chi connectivity index (χ4v) is 3.68. The summed E-state index contributed by atoms with van der Waals surface area (Å²) in [6.07, 6.45) is 10.1.